The van der Waals surface area contributed by atoms with Gasteiger partial charge >= 0.3 is 0 Å². The van der Waals surface area contributed by atoms with Gasteiger partial charge < -0.3 is 10.6 Å². The molecule has 1 aliphatic heterocycles. The zero-order chi connectivity index (χ0) is 24.4. The highest BCUT2D eigenvalue weighted by Gasteiger charge is 2.34. The van der Waals surface area contributed by atoms with Crippen LogP contribution < -0.4 is 21.8 Å². The van der Waals surface area contributed by atoms with Crippen LogP contribution in [0.1, 0.15) is 39.1 Å². The number of hydrogen-bond donors (Lipinski definition) is 4. The van der Waals surface area contributed by atoms with E-state index in [2.05, 4.69) is 20.8 Å². The monoisotopic (exact) mass is 463 g/mol. The number of nitrogens with one attached hydrogen (secondary N) is 4. The molecule has 4 rings (SSSR count). The number of aromatic nitrogens is 2. The predicted molar refractivity (Wildman–Crippen MR) is 123 cm³/mol. The highest BCUT2D eigenvalue weighted by Crippen LogP contribution is 2.24. The van der Waals surface area contributed by atoms with E-state index in [4.69, 9.17) is 0 Å². The molecule has 1 aromatic heterocycles. The van der Waals surface area contributed by atoms with Gasteiger partial charge in [0.1, 0.15) is 0 Å². The van der Waals surface area contributed by atoms with Crippen molar-refractivity contribution in [2.45, 2.75) is 19.8 Å². The number of aromatic amines is 2. The van der Waals surface area contributed by atoms with Crippen LogP contribution in [-0.2, 0) is 9.59 Å². The molecule has 0 unspecified atom stereocenters. The largest absolute Gasteiger partial charge is 0.347 e. The van der Waals surface area contributed by atoms with Crippen molar-refractivity contribution < 1.29 is 19.2 Å². The molecule has 3 aromatic rings. The van der Waals surface area contributed by atoms with Crippen LogP contribution in [0.2, 0.25) is 0 Å². The summed E-state index contributed by atoms with van der Waals surface area (Å²) in [7, 11) is 0. The summed E-state index contributed by atoms with van der Waals surface area (Å²) in [6, 6.07) is 9.50. The first-order valence-corrected chi connectivity index (χ1v) is 10.5. The minimum absolute atomic E-state index is 0.00300. The van der Waals surface area contributed by atoms with E-state index in [1.54, 1.807) is 18.2 Å². The number of aryl methyl sites for hydroxylation is 1. The van der Waals surface area contributed by atoms with E-state index in [9.17, 15) is 28.8 Å². The predicted octanol–water partition coefficient (Wildman–Crippen LogP) is 0.656. The fraction of sp³-hybridized carbons (Fsp3) is 0.217. The Labute approximate surface area is 192 Å². The smallest absolute Gasteiger partial charge is 0.272 e. The second kappa shape index (κ2) is 9.14. The van der Waals surface area contributed by atoms with Gasteiger partial charge in [0, 0.05) is 13.0 Å². The third-order valence-electron chi connectivity index (χ3n) is 5.46. The third kappa shape index (κ3) is 4.35. The fourth-order valence-electron chi connectivity index (χ4n) is 3.80. The van der Waals surface area contributed by atoms with Crippen LogP contribution in [-0.4, -0.2) is 51.8 Å². The SMILES string of the molecule is Cc1ccc2c(c1)C(=O)N(CCCC(=O)NCC(=O)Nc1cccc3c(=O)[nH][nH]c(=O)c13)C2=O. The number of rotatable bonds is 7. The molecule has 0 saturated carbocycles. The molecule has 11 nitrogen and oxygen atoms in total. The number of H-pyrrole nitrogens is 2. The standard InChI is InChI=1S/C23H21N5O6/c1-12-7-8-13-15(10-12)23(34)28(22(13)33)9-3-6-17(29)24-11-18(30)25-16-5-2-4-14-19(16)21(32)27-26-20(14)31/h2,4-5,7-8,10H,3,6,9,11H2,1H3,(H,24,29)(H,25,30)(H,26,31)(H,27,32). The van der Waals surface area contributed by atoms with Gasteiger partial charge in [0.2, 0.25) is 11.8 Å². The summed E-state index contributed by atoms with van der Waals surface area (Å²) in [5.41, 5.74) is 0.653. The average molecular weight is 463 g/mol. The molecule has 0 aliphatic carbocycles. The van der Waals surface area contributed by atoms with Gasteiger partial charge in [-0.15, -0.1) is 0 Å². The molecular formula is C23H21N5O6. The molecule has 0 atom stereocenters. The lowest BCUT2D eigenvalue weighted by atomic mass is 10.1. The number of hydrogen-bond acceptors (Lipinski definition) is 6. The molecule has 4 amide bonds. The molecule has 11 heteroatoms. The number of amides is 4. The van der Waals surface area contributed by atoms with E-state index in [1.807, 2.05) is 6.92 Å². The van der Waals surface area contributed by atoms with E-state index in [-0.39, 0.29) is 54.2 Å². The number of fused-ring (bicyclic) bond motifs is 2. The van der Waals surface area contributed by atoms with Gasteiger partial charge in [-0.2, -0.15) is 0 Å². The van der Waals surface area contributed by atoms with Gasteiger partial charge in [-0.25, -0.2) is 0 Å². The van der Waals surface area contributed by atoms with Crippen LogP contribution in [0.4, 0.5) is 5.69 Å². The summed E-state index contributed by atoms with van der Waals surface area (Å²) in [5, 5.41) is 9.53. The van der Waals surface area contributed by atoms with Crippen molar-refractivity contribution in [2.24, 2.45) is 0 Å². The molecule has 4 N–H and O–H groups in total. The first kappa shape index (κ1) is 22.6. The maximum absolute atomic E-state index is 12.5. The number of nitrogens with zero attached hydrogens (tertiary/aromatic N) is 1. The molecule has 0 saturated heterocycles. The van der Waals surface area contributed by atoms with Crippen LogP contribution in [0.3, 0.4) is 0 Å². The minimum Gasteiger partial charge on any atom is -0.347 e. The number of carbonyl (C=O) groups is 4. The van der Waals surface area contributed by atoms with Crippen molar-refractivity contribution in [2.75, 3.05) is 18.4 Å². The number of benzene rings is 2. The van der Waals surface area contributed by atoms with Crippen LogP contribution in [0.5, 0.6) is 0 Å². The van der Waals surface area contributed by atoms with E-state index < -0.39 is 22.9 Å². The molecule has 0 radical (unpaired) electrons. The molecule has 0 bridgehead atoms. The van der Waals surface area contributed by atoms with Gasteiger partial charge in [0.25, 0.3) is 22.9 Å². The molecule has 2 heterocycles. The Morgan fingerprint density at radius 2 is 1.65 bits per heavy atom. The van der Waals surface area contributed by atoms with Crippen LogP contribution in [0.15, 0.2) is 46.0 Å². The van der Waals surface area contributed by atoms with Crippen molar-refractivity contribution in [1.29, 1.82) is 0 Å². The molecule has 34 heavy (non-hydrogen) atoms. The Balaban J connectivity index is 1.28. The molecule has 0 fully saturated rings. The van der Waals surface area contributed by atoms with Crippen LogP contribution in [0.25, 0.3) is 10.8 Å². The lowest BCUT2D eigenvalue weighted by Crippen LogP contribution is -2.34. The Hall–Kier alpha value is -4.54. The molecular weight excluding hydrogens is 442 g/mol. The summed E-state index contributed by atoms with van der Waals surface area (Å²) < 4.78 is 0. The van der Waals surface area contributed by atoms with Crippen molar-refractivity contribution >= 4 is 40.1 Å². The molecule has 174 valence electrons. The number of anilines is 1. The quantitative estimate of drug-likeness (QED) is 0.376. The summed E-state index contributed by atoms with van der Waals surface area (Å²) in [6.07, 6.45) is 0.238. The molecule has 1 aliphatic rings. The highest BCUT2D eigenvalue weighted by molar-refractivity contribution is 6.21. The normalized spacial score (nSPS) is 12.7. The first-order chi connectivity index (χ1) is 16.3. The van der Waals surface area contributed by atoms with Gasteiger partial charge in [-0.3, -0.25) is 43.9 Å². The summed E-state index contributed by atoms with van der Waals surface area (Å²) in [6.45, 7) is 1.56. The van der Waals surface area contributed by atoms with Gasteiger partial charge in [-0.05, 0) is 37.6 Å². The van der Waals surface area contributed by atoms with E-state index >= 15 is 0 Å². The van der Waals surface area contributed by atoms with Crippen LogP contribution in [0, 0.1) is 6.92 Å². The number of carbonyl (C=O) groups excluding carboxylic acids is 4. The summed E-state index contributed by atoms with van der Waals surface area (Å²) in [5.74, 6) is -1.79. The van der Waals surface area contributed by atoms with Gasteiger partial charge in [0.15, 0.2) is 0 Å². The Bertz CT molecular complexity index is 1450. The van der Waals surface area contributed by atoms with E-state index in [0.717, 1.165) is 10.5 Å². The van der Waals surface area contributed by atoms with Crippen molar-refractivity contribution in [3.8, 4) is 0 Å². The Kier molecular flexibility index (Phi) is 6.09. The Morgan fingerprint density at radius 1 is 0.912 bits per heavy atom. The topological polar surface area (TPSA) is 161 Å². The number of imide groups is 1. The van der Waals surface area contributed by atoms with Crippen LogP contribution >= 0.6 is 0 Å². The maximum atomic E-state index is 12.5. The minimum atomic E-state index is -0.587. The van der Waals surface area contributed by atoms with Crippen molar-refractivity contribution in [3.63, 3.8) is 0 Å². The van der Waals surface area contributed by atoms with Gasteiger partial charge in [0.05, 0.1) is 34.1 Å². The van der Waals surface area contributed by atoms with Crippen molar-refractivity contribution in [1.82, 2.24) is 20.4 Å². The zero-order valence-electron chi connectivity index (χ0n) is 18.2. The Morgan fingerprint density at radius 3 is 2.44 bits per heavy atom. The lowest BCUT2D eigenvalue weighted by molar-refractivity contribution is -0.124. The maximum Gasteiger partial charge on any atom is 0.272 e. The third-order valence-corrected chi connectivity index (χ3v) is 5.46. The summed E-state index contributed by atoms with van der Waals surface area (Å²) >= 11 is 0. The zero-order valence-corrected chi connectivity index (χ0v) is 18.2. The average Bonchev–Trinajstić information content (AvgIpc) is 3.04. The lowest BCUT2D eigenvalue weighted by Gasteiger charge is -2.13. The van der Waals surface area contributed by atoms with Gasteiger partial charge in [-0.1, -0.05) is 17.7 Å². The van der Waals surface area contributed by atoms with Crippen molar-refractivity contribution in [3.05, 3.63) is 73.8 Å². The summed E-state index contributed by atoms with van der Waals surface area (Å²) in [4.78, 5) is 74.3. The molecule has 0 spiro atoms. The van der Waals surface area contributed by atoms with E-state index in [0.29, 0.717) is 11.1 Å². The highest BCUT2D eigenvalue weighted by atomic mass is 16.2. The first-order valence-electron chi connectivity index (χ1n) is 10.5. The molecule has 2 aromatic carbocycles. The second-order valence-corrected chi connectivity index (χ2v) is 7.88. The van der Waals surface area contributed by atoms with E-state index in [1.165, 1.54) is 18.2 Å². The second-order valence-electron chi connectivity index (χ2n) is 7.88. The fourth-order valence-corrected chi connectivity index (χ4v) is 3.80.